The quantitative estimate of drug-likeness (QED) is 0.599. The standard InChI is InChI=1S/C6H8N2O2/c7-2-1-6-5(3-9)8-4-10-6/h3-4H,1-2,7H2. The lowest BCUT2D eigenvalue weighted by Gasteiger charge is -1.89. The predicted molar refractivity (Wildman–Crippen MR) is 34.6 cm³/mol. The van der Waals surface area contributed by atoms with Crippen molar-refractivity contribution in [3.63, 3.8) is 0 Å². The lowest BCUT2D eigenvalue weighted by atomic mass is 10.3. The number of hydrogen-bond donors (Lipinski definition) is 1. The van der Waals surface area contributed by atoms with Crippen LogP contribution in [0.4, 0.5) is 0 Å². The molecule has 0 aliphatic rings. The Morgan fingerprint density at radius 3 is 3.20 bits per heavy atom. The molecule has 2 N–H and O–H groups in total. The maximum absolute atomic E-state index is 10.2. The van der Waals surface area contributed by atoms with Gasteiger partial charge in [0.05, 0.1) is 0 Å². The molecule has 1 aromatic rings. The van der Waals surface area contributed by atoms with Gasteiger partial charge in [-0.25, -0.2) is 4.98 Å². The third-order valence-electron chi connectivity index (χ3n) is 1.16. The van der Waals surface area contributed by atoms with E-state index in [1.54, 1.807) is 0 Å². The van der Waals surface area contributed by atoms with Gasteiger partial charge in [-0.3, -0.25) is 4.79 Å². The Hall–Kier alpha value is -1.16. The second-order valence-corrected chi connectivity index (χ2v) is 1.82. The van der Waals surface area contributed by atoms with E-state index in [4.69, 9.17) is 10.2 Å². The summed E-state index contributed by atoms with van der Waals surface area (Å²) in [4.78, 5) is 13.9. The molecule has 0 aromatic carbocycles. The van der Waals surface area contributed by atoms with Crippen molar-refractivity contribution in [1.29, 1.82) is 0 Å². The SMILES string of the molecule is NCCc1ocnc1C=O. The maximum Gasteiger partial charge on any atom is 0.181 e. The Balaban J connectivity index is 2.79. The normalized spacial score (nSPS) is 9.70. The van der Waals surface area contributed by atoms with Crippen molar-refractivity contribution in [2.75, 3.05) is 6.54 Å². The van der Waals surface area contributed by atoms with Crippen LogP contribution < -0.4 is 5.73 Å². The van der Waals surface area contributed by atoms with Gasteiger partial charge in [0.1, 0.15) is 11.5 Å². The minimum Gasteiger partial charge on any atom is -0.448 e. The highest BCUT2D eigenvalue weighted by molar-refractivity contribution is 5.72. The van der Waals surface area contributed by atoms with E-state index in [-0.39, 0.29) is 0 Å². The molecule has 0 unspecified atom stereocenters. The Bertz CT molecular complexity index is 219. The average Bonchev–Trinajstić information content (AvgIpc) is 2.36. The van der Waals surface area contributed by atoms with Gasteiger partial charge in [0.15, 0.2) is 12.7 Å². The van der Waals surface area contributed by atoms with Gasteiger partial charge in [-0.1, -0.05) is 0 Å². The van der Waals surface area contributed by atoms with Crippen molar-refractivity contribution in [3.8, 4) is 0 Å². The molecular weight excluding hydrogens is 132 g/mol. The summed E-state index contributed by atoms with van der Waals surface area (Å²) < 4.78 is 4.87. The molecule has 0 aliphatic carbocycles. The van der Waals surface area contributed by atoms with Crippen molar-refractivity contribution in [2.45, 2.75) is 6.42 Å². The van der Waals surface area contributed by atoms with E-state index in [1.807, 2.05) is 0 Å². The highest BCUT2D eigenvalue weighted by Crippen LogP contribution is 2.03. The maximum atomic E-state index is 10.2. The summed E-state index contributed by atoms with van der Waals surface area (Å²) in [5, 5.41) is 0. The zero-order valence-corrected chi connectivity index (χ0v) is 5.41. The molecule has 0 bridgehead atoms. The first-order valence-corrected chi connectivity index (χ1v) is 2.96. The summed E-state index contributed by atoms with van der Waals surface area (Å²) in [5.74, 6) is 0.567. The zero-order valence-electron chi connectivity index (χ0n) is 5.41. The van der Waals surface area contributed by atoms with Gasteiger partial charge in [-0.05, 0) is 6.54 Å². The number of aldehydes is 1. The first-order valence-electron chi connectivity index (χ1n) is 2.96. The lowest BCUT2D eigenvalue weighted by Crippen LogP contribution is -2.03. The summed E-state index contributed by atoms with van der Waals surface area (Å²) in [6.45, 7) is 0.468. The van der Waals surface area contributed by atoms with Crippen LogP contribution in [-0.2, 0) is 6.42 Å². The van der Waals surface area contributed by atoms with Crippen LogP contribution in [0.5, 0.6) is 0 Å². The predicted octanol–water partition coefficient (Wildman–Crippen LogP) is -0.0117. The van der Waals surface area contributed by atoms with Crippen LogP contribution in [0.3, 0.4) is 0 Å². The van der Waals surface area contributed by atoms with E-state index in [0.29, 0.717) is 30.7 Å². The summed E-state index contributed by atoms with van der Waals surface area (Å²) in [6, 6.07) is 0. The molecule has 0 spiro atoms. The third kappa shape index (κ3) is 1.22. The largest absolute Gasteiger partial charge is 0.448 e. The zero-order chi connectivity index (χ0) is 7.40. The van der Waals surface area contributed by atoms with Gasteiger partial charge < -0.3 is 10.2 Å². The number of oxazole rings is 1. The van der Waals surface area contributed by atoms with E-state index >= 15 is 0 Å². The Labute approximate surface area is 58.0 Å². The first kappa shape index (κ1) is 6.95. The summed E-state index contributed by atoms with van der Waals surface area (Å²) in [6.07, 6.45) is 2.47. The summed E-state index contributed by atoms with van der Waals surface area (Å²) >= 11 is 0. The van der Waals surface area contributed by atoms with Crippen molar-refractivity contribution in [1.82, 2.24) is 4.98 Å². The molecule has 0 atom stereocenters. The van der Waals surface area contributed by atoms with Crippen LogP contribution in [0.1, 0.15) is 16.2 Å². The van der Waals surface area contributed by atoms with E-state index in [2.05, 4.69) is 4.98 Å². The molecule has 0 radical (unpaired) electrons. The van der Waals surface area contributed by atoms with Crippen LogP contribution in [0.25, 0.3) is 0 Å². The number of carbonyl (C=O) groups is 1. The topological polar surface area (TPSA) is 69.1 Å². The second-order valence-electron chi connectivity index (χ2n) is 1.82. The number of rotatable bonds is 3. The Morgan fingerprint density at radius 2 is 2.60 bits per heavy atom. The van der Waals surface area contributed by atoms with Crippen LogP contribution in [0.2, 0.25) is 0 Å². The highest BCUT2D eigenvalue weighted by atomic mass is 16.3. The molecule has 1 aromatic heterocycles. The van der Waals surface area contributed by atoms with Crippen LogP contribution in [-0.4, -0.2) is 17.8 Å². The molecule has 4 heteroatoms. The summed E-state index contributed by atoms with van der Waals surface area (Å²) in [7, 11) is 0. The molecular formula is C6H8N2O2. The Morgan fingerprint density at radius 1 is 1.80 bits per heavy atom. The number of aromatic nitrogens is 1. The van der Waals surface area contributed by atoms with Gasteiger partial charge in [0.25, 0.3) is 0 Å². The molecule has 0 amide bonds. The average molecular weight is 140 g/mol. The van der Waals surface area contributed by atoms with Crippen molar-refractivity contribution in [2.24, 2.45) is 5.73 Å². The molecule has 10 heavy (non-hydrogen) atoms. The van der Waals surface area contributed by atoms with Crippen molar-refractivity contribution >= 4 is 6.29 Å². The van der Waals surface area contributed by atoms with Gasteiger partial charge in [-0.2, -0.15) is 0 Å². The smallest absolute Gasteiger partial charge is 0.181 e. The van der Waals surface area contributed by atoms with Crippen LogP contribution in [0, 0.1) is 0 Å². The fourth-order valence-corrected chi connectivity index (χ4v) is 0.693. The molecule has 0 saturated heterocycles. The molecule has 54 valence electrons. The molecule has 0 saturated carbocycles. The fraction of sp³-hybridized carbons (Fsp3) is 0.333. The minimum atomic E-state index is 0.352. The monoisotopic (exact) mass is 140 g/mol. The van der Waals surface area contributed by atoms with Crippen molar-refractivity contribution in [3.05, 3.63) is 17.8 Å². The van der Waals surface area contributed by atoms with Gasteiger partial charge >= 0.3 is 0 Å². The van der Waals surface area contributed by atoms with Crippen LogP contribution >= 0.6 is 0 Å². The Kier molecular flexibility index (Phi) is 2.17. The molecule has 4 nitrogen and oxygen atoms in total. The van der Waals surface area contributed by atoms with Crippen LogP contribution in [0.15, 0.2) is 10.8 Å². The number of carbonyl (C=O) groups excluding carboxylic acids is 1. The molecule has 1 rings (SSSR count). The number of nitrogens with two attached hydrogens (primary N) is 1. The first-order chi connectivity index (χ1) is 4.88. The molecule has 0 aliphatic heterocycles. The van der Waals surface area contributed by atoms with Crippen molar-refractivity contribution < 1.29 is 9.21 Å². The minimum absolute atomic E-state index is 0.352. The number of hydrogen-bond acceptors (Lipinski definition) is 4. The van der Waals surface area contributed by atoms with E-state index in [0.717, 1.165) is 0 Å². The molecule has 1 heterocycles. The van der Waals surface area contributed by atoms with E-state index < -0.39 is 0 Å². The second kappa shape index (κ2) is 3.12. The summed E-state index contributed by atoms with van der Waals surface area (Å²) in [5.41, 5.74) is 5.59. The van der Waals surface area contributed by atoms with E-state index in [9.17, 15) is 4.79 Å². The molecule has 0 fully saturated rings. The van der Waals surface area contributed by atoms with Gasteiger partial charge in [0, 0.05) is 6.42 Å². The van der Waals surface area contributed by atoms with E-state index in [1.165, 1.54) is 6.39 Å². The van der Waals surface area contributed by atoms with Gasteiger partial charge in [-0.15, -0.1) is 0 Å². The fourth-order valence-electron chi connectivity index (χ4n) is 0.693. The highest BCUT2D eigenvalue weighted by Gasteiger charge is 2.03. The lowest BCUT2D eigenvalue weighted by molar-refractivity contribution is 0.111. The third-order valence-corrected chi connectivity index (χ3v) is 1.16. The van der Waals surface area contributed by atoms with Gasteiger partial charge in [0.2, 0.25) is 0 Å². The number of nitrogens with zero attached hydrogens (tertiary/aromatic N) is 1.